The van der Waals surface area contributed by atoms with Gasteiger partial charge < -0.3 is 0 Å². The first-order valence-electron chi connectivity index (χ1n) is 6.33. The van der Waals surface area contributed by atoms with Crippen LogP contribution < -0.4 is 11.2 Å². The molecule has 19 heavy (non-hydrogen) atoms. The first-order valence-corrected chi connectivity index (χ1v) is 6.33. The van der Waals surface area contributed by atoms with Crippen molar-refractivity contribution in [2.75, 3.05) is 13.1 Å². The third kappa shape index (κ3) is 2.03. The summed E-state index contributed by atoms with van der Waals surface area (Å²) in [7, 11) is 0. The highest BCUT2D eigenvalue weighted by atomic mass is 19.1. The van der Waals surface area contributed by atoms with E-state index in [1.165, 1.54) is 0 Å². The largest absolute Gasteiger partial charge is 0.328 e. The van der Waals surface area contributed by atoms with Crippen LogP contribution in [-0.2, 0) is 11.3 Å². The van der Waals surface area contributed by atoms with Crippen molar-refractivity contribution in [1.29, 1.82) is 0 Å². The van der Waals surface area contributed by atoms with Crippen molar-refractivity contribution in [3.8, 4) is 0 Å². The Morgan fingerprint density at radius 3 is 2.58 bits per heavy atom. The van der Waals surface area contributed by atoms with E-state index in [1.54, 1.807) is 0 Å². The summed E-state index contributed by atoms with van der Waals surface area (Å²) in [4.78, 5) is 38.6. The molecular weight excluding hydrogens is 253 g/mol. The van der Waals surface area contributed by atoms with Crippen molar-refractivity contribution in [3.05, 3.63) is 32.9 Å². The Bertz CT molecular complexity index is 628. The summed E-state index contributed by atoms with van der Waals surface area (Å²) in [6, 6.07) is -0.379. The molecule has 4 rings (SSSR count). The number of carbonyl (C=O) groups is 1. The third-order valence-corrected chi connectivity index (χ3v) is 4.04. The minimum atomic E-state index is -1.03. The summed E-state index contributed by atoms with van der Waals surface area (Å²) in [6.07, 6.45) is 2.60. The topological polar surface area (TPSA) is 75.2 Å². The van der Waals surface area contributed by atoms with E-state index in [0.717, 1.165) is 36.7 Å². The van der Waals surface area contributed by atoms with Gasteiger partial charge in [0.1, 0.15) is 0 Å². The standard InChI is InChI=1S/C12H14FN3O3/c13-8-5-16(12(19)14-11(8)18)6-9-10(17)7-1-3-15(9)4-2-7/h5,7,9H,1-4,6H2,(H,14,18,19). The second kappa shape index (κ2) is 4.41. The molecule has 3 aliphatic rings. The van der Waals surface area contributed by atoms with Gasteiger partial charge in [0, 0.05) is 12.5 Å². The molecular formula is C12H14FN3O3. The van der Waals surface area contributed by atoms with Crippen LogP contribution in [0.2, 0.25) is 0 Å². The van der Waals surface area contributed by atoms with E-state index in [4.69, 9.17) is 0 Å². The highest BCUT2D eigenvalue weighted by molar-refractivity contribution is 5.87. The average molecular weight is 267 g/mol. The number of fused-ring (bicyclic) bond motifs is 3. The second-order valence-corrected chi connectivity index (χ2v) is 5.12. The molecule has 3 fully saturated rings. The molecule has 0 radical (unpaired) electrons. The molecule has 0 aromatic carbocycles. The van der Waals surface area contributed by atoms with Gasteiger partial charge in [-0.05, 0) is 25.9 Å². The van der Waals surface area contributed by atoms with Gasteiger partial charge in [-0.25, -0.2) is 4.79 Å². The van der Waals surface area contributed by atoms with Gasteiger partial charge in [0.15, 0.2) is 5.78 Å². The molecule has 0 spiro atoms. The zero-order valence-corrected chi connectivity index (χ0v) is 10.3. The first kappa shape index (κ1) is 12.3. The molecule has 6 nitrogen and oxygen atoms in total. The number of hydrogen-bond acceptors (Lipinski definition) is 4. The van der Waals surface area contributed by atoms with Crippen LogP contribution in [0.1, 0.15) is 12.8 Å². The van der Waals surface area contributed by atoms with E-state index in [1.807, 2.05) is 9.88 Å². The predicted octanol–water partition coefficient (Wildman–Crippen LogP) is -0.661. The fourth-order valence-corrected chi connectivity index (χ4v) is 2.96. The molecule has 1 aromatic heterocycles. The van der Waals surface area contributed by atoms with Crippen molar-refractivity contribution in [2.24, 2.45) is 5.92 Å². The molecule has 0 aliphatic carbocycles. The monoisotopic (exact) mass is 267 g/mol. The molecule has 1 N–H and O–H groups in total. The molecule has 2 bridgehead atoms. The normalized spacial score (nSPS) is 29.7. The average Bonchev–Trinajstić information content (AvgIpc) is 2.40. The molecule has 3 aliphatic heterocycles. The van der Waals surface area contributed by atoms with Crippen LogP contribution in [0.3, 0.4) is 0 Å². The number of carbonyl (C=O) groups excluding carboxylic acids is 1. The molecule has 1 atom stereocenters. The Balaban J connectivity index is 1.89. The maximum Gasteiger partial charge on any atom is 0.328 e. The number of H-pyrrole nitrogens is 1. The van der Waals surface area contributed by atoms with Crippen LogP contribution in [0, 0.1) is 11.7 Å². The number of halogens is 1. The van der Waals surface area contributed by atoms with E-state index >= 15 is 0 Å². The van der Waals surface area contributed by atoms with E-state index in [0.29, 0.717) is 0 Å². The van der Waals surface area contributed by atoms with Gasteiger partial charge in [0.2, 0.25) is 5.82 Å². The smallest absolute Gasteiger partial charge is 0.298 e. The molecule has 0 amide bonds. The Morgan fingerprint density at radius 2 is 1.95 bits per heavy atom. The lowest BCUT2D eigenvalue weighted by molar-refractivity contribution is -0.137. The fraction of sp³-hybridized carbons (Fsp3) is 0.583. The number of nitrogens with zero attached hydrogens (tertiary/aromatic N) is 2. The predicted molar refractivity (Wildman–Crippen MR) is 64.4 cm³/mol. The number of rotatable bonds is 2. The van der Waals surface area contributed by atoms with E-state index in [-0.39, 0.29) is 24.3 Å². The van der Waals surface area contributed by atoms with Crippen molar-refractivity contribution >= 4 is 5.78 Å². The molecule has 1 unspecified atom stereocenters. The number of aromatic amines is 1. The Labute approximate surface area is 107 Å². The minimum Gasteiger partial charge on any atom is -0.298 e. The summed E-state index contributed by atoms with van der Waals surface area (Å²) in [5.74, 6) is -0.822. The zero-order chi connectivity index (χ0) is 13.6. The van der Waals surface area contributed by atoms with Gasteiger partial charge in [0.25, 0.3) is 5.56 Å². The van der Waals surface area contributed by atoms with Gasteiger partial charge in [-0.2, -0.15) is 4.39 Å². The SMILES string of the molecule is O=C1C2CCN(CC2)C1Cn1cc(F)c(=O)[nH]c1=O. The number of ketones is 1. The lowest BCUT2D eigenvalue weighted by atomic mass is 9.82. The van der Waals surface area contributed by atoms with Crippen LogP contribution in [-0.4, -0.2) is 39.4 Å². The van der Waals surface area contributed by atoms with Gasteiger partial charge >= 0.3 is 5.69 Å². The number of Topliss-reactive ketones (excluding diaryl/α,β-unsaturated/α-hetero) is 1. The fourth-order valence-electron chi connectivity index (χ4n) is 2.96. The van der Waals surface area contributed by atoms with Gasteiger partial charge in [-0.1, -0.05) is 0 Å². The summed E-state index contributed by atoms with van der Waals surface area (Å²) in [5.41, 5.74) is -1.71. The van der Waals surface area contributed by atoms with Crippen LogP contribution in [0.25, 0.3) is 0 Å². The highest BCUT2D eigenvalue weighted by Gasteiger charge is 2.41. The number of nitrogens with one attached hydrogen (secondary N) is 1. The summed E-state index contributed by atoms with van der Waals surface area (Å²) < 4.78 is 14.3. The molecule has 0 saturated carbocycles. The quantitative estimate of drug-likeness (QED) is 0.772. The molecule has 102 valence electrons. The number of aromatic nitrogens is 2. The van der Waals surface area contributed by atoms with Crippen molar-refractivity contribution < 1.29 is 9.18 Å². The summed E-state index contributed by atoms with van der Waals surface area (Å²) in [5, 5.41) is 0. The summed E-state index contributed by atoms with van der Waals surface area (Å²) >= 11 is 0. The van der Waals surface area contributed by atoms with Crippen LogP contribution >= 0.6 is 0 Å². The lowest BCUT2D eigenvalue weighted by Crippen LogP contribution is -2.57. The molecule has 7 heteroatoms. The van der Waals surface area contributed by atoms with Gasteiger partial charge in [-0.15, -0.1) is 0 Å². The third-order valence-electron chi connectivity index (χ3n) is 4.04. The lowest BCUT2D eigenvalue weighted by Gasteiger charge is -2.44. The minimum absolute atomic E-state index is 0.0679. The Kier molecular flexibility index (Phi) is 2.85. The first-order chi connectivity index (χ1) is 9.06. The van der Waals surface area contributed by atoms with Crippen molar-refractivity contribution in [1.82, 2.24) is 14.5 Å². The van der Waals surface area contributed by atoms with Gasteiger partial charge in [-0.3, -0.25) is 24.0 Å². The van der Waals surface area contributed by atoms with Crippen LogP contribution in [0.4, 0.5) is 4.39 Å². The summed E-state index contributed by atoms with van der Waals surface area (Å²) in [6.45, 7) is 1.77. The highest BCUT2D eigenvalue weighted by Crippen LogP contribution is 2.29. The van der Waals surface area contributed by atoms with E-state index < -0.39 is 17.1 Å². The maximum atomic E-state index is 13.2. The van der Waals surface area contributed by atoms with Crippen LogP contribution in [0.5, 0.6) is 0 Å². The van der Waals surface area contributed by atoms with Gasteiger partial charge in [0.05, 0.1) is 12.2 Å². The number of piperidine rings is 3. The van der Waals surface area contributed by atoms with Crippen LogP contribution in [0.15, 0.2) is 15.8 Å². The van der Waals surface area contributed by atoms with Crippen molar-refractivity contribution in [2.45, 2.75) is 25.4 Å². The zero-order valence-electron chi connectivity index (χ0n) is 10.3. The maximum absolute atomic E-state index is 13.2. The Hall–Kier alpha value is -1.76. The molecule has 4 heterocycles. The molecule has 3 saturated heterocycles. The van der Waals surface area contributed by atoms with E-state index in [9.17, 15) is 18.8 Å². The van der Waals surface area contributed by atoms with E-state index in [2.05, 4.69) is 0 Å². The van der Waals surface area contributed by atoms with Crippen molar-refractivity contribution in [3.63, 3.8) is 0 Å². The Morgan fingerprint density at radius 1 is 1.26 bits per heavy atom. The molecule has 1 aromatic rings. The number of hydrogen-bond donors (Lipinski definition) is 1. The second-order valence-electron chi connectivity index (χ2n) is 5.12.